The number of hydrogen-bond acceptors (Lipinski definition) is 3. The molecule has 1 heterocycles. The zero-order chi connectivity index (χ0) is 11.6. The first-order chi connectivity index (χ1) is 6.93. The largest absolute Gasteiger partial charge is 0.252 e. The molecule has 0 amide bonds. The van der Waals surface area contributed by atoms with Gasteiger partial charge < -0.3 is 0 Å². The van der Waals surface area contributed by atoms with Crippen LogP contribution in [0.2, 0.25) is 0 Å². The molecule has 0 aliphatic rings. The summed E-state index contributed by atoms with van der Waals surface area (Å²) in [6, 6.07) is 1.71. The second kappa shape index (κ2) is 4.95. The zero-order valence-electron chi connectivity index (χ0n) is 8.95. The second-order valence-electron chi connectivity index (χ2n) is 3.11. The molecule has 0 unspecified atom stereocenters. The smallest absolute Gasteiger partial charge is 0.206 e. The lowest BCUT2D eigenvalue weighted by Crippen LogP contribution is -2.29. The number of hydrogen-bond donors (Lipinski definition) is 0. The van der Waals surface area contributed by atoms with Crippen molar-refractivity contribution in [2.75, 3.05) is 13.1 Å². The molecular formula is C9H14BrNO2S2. The van der Waals surface area contributed by atoms with Gasteiger partial charge in [-0.3, -0.25) is 0 Å². The lowest BCUT2D eigenvalue weighted by atomic mass is 10.4. The Balaban J connectivity index is 3.16. The van der Waals surface area contributed by atoms with Gasteiger partial charge in [0.2, 0.25) is 0 Å². The second-order valence-corrected chi connectivity index (χ2v) is 7.65. The van der Waals surface area contributed by atoms with E-state index in [0.29, 0.717) is 17.3 Å². The number of rotatable bonds is 4. The molecule has 1 aromatic rings. The van der Waals surface area contributed by atoms with E-state index in [1.165, 1.54) is 15.6 Å². The molecule has 0 radical (unpaired) electrons. The van der Waals surface area contributed by atoms with E-state index < -0.39 is 10.0 Å². The van der Waals surface area contributed by atoms with Crippen LogP contribution in [0.3, 0.4) is 0 Å². The fourth-order valence-corrected chi connectivity index (χ4v) is 5.09. The number of halogens is 1. The third-order valence-electron chi connectivity index (χ3n) is 2.13. The minimum atomic E-state index is -3.28. The minimum absolute atomic E-state index is 0.413. The van der Waals surface area contributed by atoms with Gasteiger partial charge in [0.1, 0.15) is 4.21 Å². The minimum Gasteiger partial charge on any atom is -0.206 e. The maximum absolute atomic E-state index is 12.1. The predicted molar refractivity (Wildman–Crippen MR) is 66.9 cm³/mol. The molecule has 0 atom stereocenters. The lowest BCUT2D eigenvalue weighted by Gasteiger charge is -2.16. The van der Waals surface area contributed by atoms with E-state index in [-0.39, 0.29) is 0 Å². The Labute approximate surface area is 103 Å². The van der Waals surface area contributed by atoms with E-state index in [2.05, 4.69) is 15.9 Å². The Bertz CT molecular complexity index is 415. The van der Waals surface area contributed by atoms with Crippen LogP contribution in [0.4, 0.5) is 0 Å². The molecular weight excluding hydrogens is 298 g/mol. The summed E-state index contributed by atoms with van der Waals surface area (Å²) in [5.74, 6) is 0. The maximum Gasteiger partial charge on any atom is 0.252 e. The van der Waals surface area contributed by atoms with Crippen molar-refractivity contribution in [3.63, 3.8) is 0 Å². The molecule has 3 nitrogen and oxygen atoms in total. The normalized spacial score (nSPS) is 12.3. The van der Waals surface area contributed by atoms with E-state index in [4.69, 9.17) is 0 Å². The average molecular weight is 312 g/mol. The van der Waals surface area contributed by atoms with Crippen molar-refractivity contribution in [2.45, 2.75) is 25.0 Å². The third-order valence-corrected chi connectivity index (χ3v) is 6.77. The van der Waals surface area contributed by atoms with Gasteiger partial charge in [0, 0.05) is 13.1 Å². The van der Waals surface area contributed by atoms with E-state index in [9.17, 15) is 8.42 Å². The van der Waals surface area contributed by atoms with Gasteiger partial charge in [0.15, 0.2) is 0 Å². The van der Waals surface area contributed by atoms with Crippen LogP contribution in [0.25, 0.3) is 0 Å². The fourth-order valence-electron chi connectivity index (χ4n) is 1.25. The first kappa shape index (κ1) is 13.2. The molecule has 0 fully saturated rings. The summed E-state index contributed by atoms with van der Waals surface area (Å²) < 4.78 is 26.9. The van der Waals surface area contributed by atoms with Crippen LogP contribution in [0.1, 0.15) is 19.4 Å². The summed E-state index contributed by atoms with van der Waals surface area (Å²) >= 11 is 4.60. The monoisotopic (exact) mass is 311 g/mol. The number of thiophene rings is 1. The highest BCUT2D eigenvalue weighted by atomic mass is 79.9. The van der Waals surface area contributed by atoms with E-state index in [1.807, 2.05) is 20.8 Å². The first-order valence-electron chi connectivity index (χ1n) is 4.69. The van der Waals surface area contributed by atoms with Gasteiger partial charge >= 0.3 is 0 Å². The molecule has 6 heteroatoms. The third kappa shape index (κ3) is 2.61. The average Bonchev–Trinajstić information content (AvgIpc) is 2.49. The molecule has 0 saturated carbocycles. The van der Waals surface area contributed by atoms with Crippen LogP contribution >= 0.6 is 27.3 Å². The van der Waals surface area contributed by atoms with E-state index >= 15 is 0 Å². The lowest BCUT2D eigenvalue weighted by molar-refractivity contribution is 0.447. The molecule has 0 aromatic carbocycles. The van der Waals surface area contributed by atoms with Crippen LogP contribution in [0.5, 0.6) is 0 Å². The predicted octanol–water partition coefficient (Wildman–Crippen LogP) is 2.85. The van der Waals surface area contributed by atoms with Gasteiger partial charge in [0.25, 0.3) is 10.0 Å². The van der Waals surface area contributed by atoms with Crippen molar-refractivity contribution in [3.05, 3.63) is 15.4 Å². The summed E-state index contributed by atoms with van der Waals surface area (Å²) in [6.45, 7) is 6.59. The van der Waals surface area contributed by atoms with Crippen molar-refractivity contribution < 1.29 is 8.42 Å². The van der Waals surface area contributed by atoms with E-state index in [1.54, 1.807) is 6.07 Å². The van der Waals surface area contributed by atoms with Crippen LogP contribution in [0, 0.1) is 6.92 Å². The van der Waals surface area contributed by atoms with Gasteiger partial charge in [-0.2, -0.15) is 4.31 Å². The van der Waals surface area contributed by atoms with Crippen molar-refractivity contribution in [1.82, 2.24) is 4.31 Å². The molecule has 1 rings (SSSR count). The summed E-state index contributed by atoms with van der Waals surface area (Å²) in [7, 11) is -3.28. The molecule has 0 spiro atoms. The first-order valence-corrected chi connectivity index (χ1v) is 7.74. The van der Waals surface area contributed by atoms with E-state index in [0.717, 1.165) is 9.35 Å². The quantitative estimate of drug-likeness (QED) is 0.857. The fraction of sp³-hybridized carbons (Fsp3) is 0.556. The van der Waals surface area contributed by atoms with Gasteiger partial charge in [-0.25, -0.2) is 8.42 Å². The Morgan fingerprint density at radius 2 is 1.93 bits per heavy atom. The molecule has 0 bridgehead atoms. The topological polar surface area (TPSA) is 37.4 Å². The summed E-state index contributed by atoms with van der Waals surface area (Å²) in [4.78, 5) is 0. The standard InChI is InChI=1S/C9H14BrNO2S2/c1-4-11(5-2)15(12,13)8-6-7(3)9(10)14-8/h6H,4-5H2,1-3H3. The van der Waals surface area contributed by atoms with Crippen molar-refractivity contribution >= 4 is 37.3 Å². The van der Waals surface area contributed by atoms with Crippen molar-refractivity contribution in [2.24, 2.45) is 0 Å². The molecule has 1 aromatic heterocycles. The van der Waals surface area contributed by atoms with Crippen LogP contribution in [-0.4, -0.2) is 25.8 Å². The van der Waals surface area contributed by atoms with Gasteiger partial charge in [0.05, 0.1) is 3.79 Å². The SMILES string of the molecule is CCN(CC)S(=O)(=O)c1cc(C)c(Br)s1. The number of sulfonamides is 1. The van der Waals surface area contributed by atoms with Crippen LogP contribution in [0.15, 0.2) is 14.1 Å². The molecule has 0 saturated heterocycles. The Morgan fingerprint density at radius 3 is 2.27 bits per heavy atom. The summed E-state index contributed by atoms with van der Waals surface area (Å²) in [6.07, 6.45) is 0. The van der Waals surface area contributed by atoms with Gasteiger partial charge in [-0.1, -0.05) is 13.8 Å². The Morgan fingerprint density at radius 1 is 1.40 bits per heavy atom. The molecule has 86 valence electrons. The Hall–Kier alpha value is 0.0900. The van der Waals surface area contributed by atoms with Crippen LogP contribution in [-0.2, 0) is 10.0 Å². The zero-order valence-corrected chi connectivity index (χ0v) is 12.2. The molecule has 15 heavy (non-hydrogen) atoms. The number of aryl methyl sites for hydroxylation is 1. The van der Waals surface area contributed by atoms with Crippen LogP contribution < -0.4 is 0 Å². The highest BCUT2D eigenvalue weighted by Gasteiger charge is 2.24. The molecule has 0 aliphatic carbocycles. The van der Waals surface area contributed by atoms with Crippen molar-refractivity contribution in [1.29, 1.82) is 0 Å². The highest BCUT2D eigenvalue weighted by Crippen LogP contribution is 2.32. The van der Waals surface area contributed by atoms with Crippen molar-refractivity contribution in [3.8, 4) is 0 Å². The highest BCUT2D eigenvalue weighted by molar-refractivity contribution is 9.11. The maximum atomic E-state index is 12.1. The van der Waals surface area contributed by atoms with Gasteiger partial charge in [-0.15, -0.1) is 11.3 Å². The summed E-state index contributed by atoms with van der Waals surface area (Å²) in [5, 5.41) is 0. The van der Waals surface area contributed by atoms with Gasteiger partial charge in [-0.05, 0) is 34.5 Å². The summed E-state index contributed by atoms with van der Waals surface area (Å²) in [5.41, 5.74) is 0.964. The molecule has 0 aliphatic heterocycles. The number of nitrogens with zero attached hydrogens (tertiary/aromatic N) is 1. The Kier molecular flexibility index (Phi) is 4.34. The molecule has 0 N–H and O–H groups in total.